The van der Waals surface area contributed by atoms with E-state index in [-0.39, 0.29) is 24.8 Å². The van der Waals surface area contributed by atoms with Crippen molar-refractivity contribution in [3.8, 4) is 0 Å². The highest BCUT2D eigenvalue weighted by molar-refractivity contribution is 5.86. The molecule has 0 bridgehead atoms. The summed E-state index contributed by atoms with van der Waals surface area (Å²) in [5.41, 5.74) is -0.767. The third-order valence-electron chi connectivity index (χ3n) is 5.34. The summed E-state index contributed by atoms with van der Waals surface area (Å²) in [7, 11) is 2.15. The summed E-state index contributed by atoms with van der Waals surface area (Å²) in [4.78, 5) is 17.7. The van der Waals surface area contributed by atoms with Crippen LogP contribution in [0.3, 0.4) is 0 Å². The molecular weight excluding hydrogens is 423 g/mol. The number of hydrogen-bond donors (Lipinski definition) is 1. The topological polar surface area (TPSA) is 53.0 Å². The first kappa shape index (κ1) is 26.4. The van der Waals surface area contributed by atoms with Crippen molar-refractivity contribution in [2.75, 3.05) is 46.4 Å². The van der Waals surface area contributed by atoms with Gasteiger partial charge in [-0.15, -0.1) is 24.8 Å². The highest BCUT2D eigenvalue weighted by Gasteiger charge is 2.41. The lowest BCUT2D eigenvalue weighted by Crippen LogP contribution is -2.39. The minimum atomic E-state index is -1.80. The van der Waals surface area contributed by atoms with Crippen LogP contribution in [0.2, 0.25) is 0 Å². The lowest BCUT2D eigenvalue weighted by atomic mass is 9.86. The highest BCUT2D eigenvalue weighted by Crippen LogP contribution is 2.31. The number of halogens is 2. The maximum absolute atomic E-state index is 12.9. The number of carbonyl (C=O) groups excluding carboxylic acids is 1. The van der Waals surface area contributed by atoms with Crippen LogP contribution >= 0.6 is 24.8 Å². The normalized spacial score (nSPS) is 15.4. The van der Waals surface area contributed by atoms with Crippen molar-refractivity contribution in [1.29, 1.82) is 0 Å². The van der Waals surface area contributed by atoms with Gasteiger partial charge in [0, 0.05) is 19.6 Å². The molecule has 1 N–H and O–H groups in total. The van der Waals surface area contributed by atoms with Crippen LogP contribution in [0.15, 0.2) is 60.7 Å². The van der Waals surface area contributed by atoms with Crippen LogP contribution in [-0.4, -0.2) is 67.3 Å². The number of carbonyl (C=O) groups is 1. The van der Waals surface area contributed by atoms with Crippen LogP contribution in [0.1, 0.15) is 24.0 Å². The molecule has 0 spiro atoms. The van der Waals surface area contributed by atoms with Crippen molar-refractivity contribution >= 4 is 30.8 Å². The second kappa shape index (κ2) is 12.9. The van der Waals surface area contributed by atoms with Gasteiger partial charge in [-0.1, -0.05) is 60.7 Å². The van der Waals surface area contributed by atoms with E-state index in [1.54, 1.807) is 24.3 Å². The molecule has 7 heteroatoms. The molecule has 0 radical (unpaired) electrons. The van der Waals surface area contributed by atoms with Crippen molar-refractivity contribution in [3.63, 3.8) is 0 Å². The number of esters is 1. The van der Waals surface area contributed by atoms with Crippen LogP contribution in [0.5, 0.6) is 0 Å². The van der Waals surface area contributed by atoms with Gasteiger partial charge in [0.25, 0.3) is 0 Å². The predicted molar refractivity (Wildman–Crippen MR) is 125 cm³/mol. The zero-order chi connectivity index (χ0) is 19.8. The first-order valence-corrected chi connectivity index (χ1v) is 10.0. The van der Waals surface area contributed by atoms with E-state index in [9.17, 15) is 9.90 Å². The summed E-state index contributed by atoms with van der Waals surface area (Å²) >= 11 is 0. The molecule has 0 aliphatic carbocycles. The van der Waals surface area contributed by atoms with E-state index in [1.165, 1.54) is 0 Å². The van der Waals surface area contributed by atoms with Crippen molar-refractivity contribution in [2.45, 2.75) is 18.4 Å². The third kappa shape index (κ3) is 6.69. The van der Waals surface area contributed by atoms with Crippen LogP contribution in [0.4, 0.5) is 0 Å². The van der Waals surface area contributed by atoms with Crippen LogP contribution < -0.4 is 0 Å². The average molecular weight is 455 g/mol. The number of aliphatic hydroxyl groups is 1. The van der Waals surface area contributed by atoms with Gasteiger partial charge in [0.2, 0.25) is 5.60 Å². The summed E-state index contributed by atoms with van der Waals surface area (Å²) in [6.45, 7) is 5.52. The van der Waals surface area contributed by atoms with Crippen LogP contribution in [-0.2, 0) is 15.1 Å². The van der Waals surface area contributed by atoms with Crippen molar-refractivity contribution in [3.05, 3.63) is 71.8 Å². The largest absolute Gasteiger partial charge is 0.463 e. The van der Waals surface area contributed by atoms with Gasteiger partial charge in [-0.25, -0.2) is 4.79 Å². The van der Waals surface area contributed by atoms with E-state index in [2.05, 4.69) is 16.8 Å². The van der Waals surface area contributed by atoms with E-state index in [1.807, 2.05) is 36.4 Å². The maximum Gasteiger partial charge on any atom is 0.347 e. The molecule has 0 atom stereocenters. The van der Waals surface area contributed by atoms with E-state index in [4.69, 9.17) is 4.74 Å². The Morgan fingerprint density at radius 2 is 1.50 bits per heavy atom. The SMILES string of the molecule is CN1CCCN(CCCOC(=O)C(O)(c2ccccc2)c2ccccc2)CC1.Cl.Cl. The van der Waals surface area contributed by atoms with Gasteiger partial charge in [0.1, 0.15) is 0 Å². The number of rotatable bonds is 7. The molecule has 30 heavy (non-hydrogen) atoms. The van der Waals surface area contributed by atoms with Gasteiger partial charge in [-0.2, -0.15) is 0 Å². The summed E-state index contributed by atoms with van der Waals surface area (Å²) in [6, 6.07) is 18.0. The number of likely N-dealkylation sites (N-methyl/N-ethyl adjacent to an activating group) is 1. The summed E-state index contributed by atoms with van der Waals surface area (Å²) in [5.74, 6) is -0.625. The standard InChI is InChI=1S/C23H30N2O3.2ClH/c1-24-14-8-15-25(18-17-24)16-9-19-28-22(26)23(27,20-10-4-2-5-11-20)21-12-6-3-7-13-21;;/h2-7,10-13,27H,8-9,14-19H2,1H3;2*1H. The smallest absolute Gasteiger partial charge is 0.347 e. The number of ether oxygens (including phenoxy) is 1. The molecule has 2 aromatic carbocycles. The number of benzene rings is 2. The zero-order valence-corrected chi connectivity index (χ0v) is 19.0. The van der Waals surface area contributed by atoms with Gasteiger partial charge in [-0.3, -0.25) is 0 Å². The first-order chi connectivity index (χ1) is 13.6. The Labute approximate surface area is 191 Å². The summed E-state index contributed by atoms with van der Waals surface area (Å²) in [5, 5.41) is 11.3. The molecule has 1 aliphatic heterocycles. The summed E-state index contributed by atoms with van der Waals surface area (Å²) < 4.78 is 5.53. The number of nitrogens with zero attached hydrogens (tertiary/aromatic N) is 2. The molecule has 1 saturated heterocycles. The average Bonchev–Trinajstić information content (AvgIpc) is 2.95. The minimum absolute atomic E-state index is 0. The van der Waals surface area contributed by atoms with Gasteiger partial charge >= 0.3 is 5.97 Å². The molecule has 5 nitrogen and oxygen atoms in total. The fourth-order valence-electron chi connectivity index (χ4n) is 3.64. The monoisotopic (exact) mass is 454 g/mol. The maximum atomic E-state index is 12.9. The Bertz CT molecular complexity index is 707. The molecule has 0 amide bonds. The Balaban J connectivity index is 0.00000225. The first-order valence-electron chi connectivity index (χ1n) is 10.0. The van der Waals surface area contributed by atoms with Gasteiger partial charge in [0.05, 0.1) is 6.61 Å². The second-order valence-electron chi connectivity index (χ2n) is 7.43. The molecule has 0 saturated carbocycles. The Kier molecular flexibility index (Phi) is 11.4. The molecule has 0 aromatic heterocycles. The fraction of sp³-hybridized carbons (Fsp3) is 0.435. The lowest BCUT2D eigenvalue weighted by molar-refractivity contribution is -0.162. The molecule has 0 unspecified atom stereocenters. The van der Waals surface area contributed by atoms with E-state index in [0.29, 0.717) is 17.7 Å². The zero-order valence-electron chi connectivity index (χ0n) is 17.4. The van der Waals surface area contributed by atoms with Crippen molar-refractivity contribution in [1.82, 2.24) is 9.80 Å². The van der Waals surface area contributed by atoms with Gasteiger partial charge < -0.3 is 19.6 Å². The van der Waals surface area contributed by atoms with Gasteiger partial charge in [-0.05, 0) is 44.1 Å². The second-order valence-corrected chi connectivity index (χ2v) is 7.43. The van der Waals surface area contributed by atoms with Crippen molar-refractivity contribution in [2.24, 2.45) is 0 Å². The molecule has 1 fully saturated rings. The molecule has 1 aliphatic rings. The van der Waals surface area contributed by atoms with E-state index >= 15 is 0 Å². The fourth-order valence-corrected chi connectivity index (χ4v) is 3.64. The van der Waals surface area contributed by atoms with Crippen LogP contribution in [0, 0.1) is 0 Å². The molecule has 166 valence electrons. The van der Waals surface area contributed by atoms with E-state index < -0.39 is 11.6 Å². The van der Waals surface area contributed by atoms with E-state index in [0.717, 1.165) is 45.6 Å². The Morgan fingerprint density at radius 1 is 0.933 bits per heavy atom. The lowest BCUT2D eigenvalue weighted by Gasteiger charge is -2.27. The highest BCUT2D eigenvalue weighted by atomic mass is 35.5. The van der Waals surface area contributed by atoms with Crippen molar-refractivity contribution < 1.29 is 14.6 Å². The Hall–Kier alpha value is -1.63. The van der Waals surface area contributed by atoms with Gasteiger partial charge in [0.15, 0.2) is 0 Å². The quantitative estimate of drug-likeness (QED) is 0.513. The Morgan fingerprint density at radius 3 is 2.07 bits per heavy atom. The third-order valence-corrected chi connectivity index (χ3v) is 5.34. The molecular formula is C23H32Cl2N2O3. The summed E-state index contributed by atoms with van der Waals surface area (Å²) in [6.07, 6.45) is 1.92. The molecule has 2 aromatic rings. The van der Waals surface area contributed by atoms with Crippen LogP contribution in [0.25, 0.3) is 0 Å². The molecule has 3 rings (SSSR count). The molecule has 1 heterocycles. The minimum Gasteiger partial charge on any atom is -0.463 e. The number of hydrogen-bond acceptors (Lipinski definition) is 5. The predicted octanol–water partition coefficient (Wildman–Crippen LogP) is 3.34.